The highest BCUT2D eigenvalue weighted by Gasteiger charge is 2.62. The lowest BCUT2D eigenvalue weighted by Crippen LogP contribution is -2.49. The van der Waals surface area contributed by atoms with Crippen LogP contribution in [0.25, 0.3) is 10.4 Å². The van der Waals surface area contributed by atoms with Crippen LogP contribution < -0.4 is 11.2 Å². The van der Waals surface area contributed by atoms with Gasteiger partial charge in [-0.1, -0.05) is 28.8 Å². The van der Waals surface area contributed by atoms with Crippen LogP contribution in [0.15, 0.2) is 51.2 Å². The summed E-state index contributed by atoms with van der Waals surface area (Å²) in [5, 5.41) is 4.21. The summed E-state index contributed by atoms with van der Waals surface area (Å²) >= 11 is 6.12. The molecule has 2 saturated carbocycles. The van der Waals surface area contributed by atoms with Gasteiger partial charge in [-0.2, -0.15) is 0 Å². The minimum atomic E-state index is -4.38. The molecule has 4 fully saturated rings. The smallest absolute Gasteiger partial charge is 0.455 e. The van der Waals surface area contributed by atoms with Crippen LogP contribution in [0.1, 0.15) is 62.8 Å². The molecule has 2 aliphatic carbocycles. The number of phosphoric ester groups is 1. The first-order chi connectivity index (χ1) is 22.1. The molecule has 1 aromatic heterocycles. The fourth-order valence-electron chi connectivity index (χ4n) is 5.36. The van der Waals surface area contributed by atoms with Crippen LogP contribution in [0.3, 0.4) is 0 Å². The van der Waals surface area contributed by atoms with Crippen molar-refractivity contribution in [3.05, 3.63) is 78.4 Å². The normalized spacial score (nSPS) is 30.7. The molecule has 3 heterocycles. The standard InChI is InChI=1S/C28H31ClN5O11P/c29-19-3-1-2-18(14-19)20-9-11-40-46(39,45-20)41-15-28(32-33-30)25(43-23(37)13-17-6-7-17)24(42-22(36)12-16-4-5-16)26(44-28)34-10-8-21(35)31-27(34)38/h1-3,8,10,14,16-17,20,24-26H,4-7,9,11-13,15H2,(H,31,35,38)/t20-,24+,25-,26+,28+,46?/m0/s1. The maximum Gasteiger partial charge on any atom is 0.475 e. The highest BCUT2D eigenvalue weighted by Crippen LogP contribution is 2.58. The van der Waals surface area contributed by atoms with Crippen molar-refractivity contribution in [3.8, 4) is 0 Å². The molecule has 6 rings (SSSR count). The molecule has 1 aromatic carbocycles. The van der Waals surface area contributed by atoms with E-state index in [1.807, 2.05) is 0 Å². The molecule has 0 amide bonds. The van der Waals surface area contributed by atoms with E-state index in [1.165, 1.54) is 0 Å². The molecule has 46 heavy (non-hydrogen) atoms. The van der Waals surface area contributed by atoms with E-state index in [0.717, 1.165) is 42.5 Å². The summed E-state index contributed by atoms with van der Waals surface area (Å²) in [5.74, 6) is -1.17. The number of benzene rings is 1. The zero-order valence-electron chi connectivity index (χ0n) is 24.4. The Morgan fingerprint density at radius 2 is 1.83 bits per heavy atom. The van der Waals surface area contributed by atoms with E-state index in [0.29, 0.717) is 17.0 Å². The van der Waals surface area contributed by atoms with Crippen LogP contribution in [0.4, 0.5) is 0 Å². The molecule has 16 nitrogen and oxygen atoms in total. The Morgan fingerprint density at radius 3 is 2.48 bits per heavy atom. The lowest BCUT2D eigenvalue weighted by Gasteiger charge is -2.33. The van der Waals surface area contributed by atoms with Gasteiger partial charge in [0.15, 0.2) is 18.4 Å². The molecule has 2 saturated heterocycles. The summed E-state index contributed by atoms with van der Waals surface area (Å²) in [5.41, 5.74) is 6.30. The minimum absolute atomic E-state index is 0.0273. The van der Waals surface area contributed by atoms with Crippen LogP contribution in [0.2, 0.25) is 5.02 Å². The highest BCUT2D eigenvalue weighted by molar-refractivity contribution is 7.48. The number of phosphoric acid groups is 1. The zero-order valence-corrected chi connectivity index (χ0v) is 26.0. The number of esters is 2. The third kappa shape index (κ3) is 7.55. The summed E-state index contributed by atoms with van der Waals surface area (Å²) in [6.07, 6.45) is -0.728. The van der Waals surface area contributed by atoms with Gasteiger partial charge in [0, 0.05) is 41.5 Å². The number of carbonyl (C=O) groups excluding carboxylic acids is 2. The number of halogens is 1. The Balaban J connectivity index is 1.34. The number of ether oxygens (including phenoxy) is 3. The number of nitrogens with zero attached hydrogens (tertiary/aromatic N) is 4. The maximum atomic E-state index is 13.7. The highest BCUT2D eigenvalue weighted by atomic mass is 35.5. The van der Waals surface area contributed by atoms with E-state index in [1.54, 1.807) is 24.3 Å². The number of azide groups is 1. The molecule has 246 valence electrons. The molecular weight excluding hydrogens is 649 g/mol. The van der Waals surface area contributed by atoms with E-state index in [2.05, 4.69) is 15.0 Å². The van der Waals surface area contributed by atoms with Gasteiger partial charge < -0.3 is 14.2 Å². The number of H-pyrrole nitrogens is 1. The number of hydrogen-bond donors (Lipinski definition) is 1. The third-order valence-electron chi connectivity index (χ3n) is 8.05. The largest absolute Gasteiger partial charge is 0.475 e. The number of carbonyl (C=O) groups is 2. The molecule has 1 N–H and O–H groups in total. The summed E-state index contributed by atoms with van der Waals surface area (Å²) in [4.78, 5) is 55.8. The average Bonchev–Trinajstić information content (AvgIpc) is 3.95. The van der Waals surface area contributed by atoms with Crippen LogP contribution in [0.5, 0.6) is 0 Å². The van der Waals surface area contributed by atoms with Gasteiger partial charge in [-0.3, -0.25) is 37.5 Å². The van der Waals surface area contributed by atoms with Crippen LogP contribution in [-0.2, 0) is 41.9 Å². The van der Waals surface area contributed by atoms with Crippen molar-refractivity contribution in [2.24, 2.45) is 17.0 Å². The molecule has 2 aliphatic heterocycles. The van der Waals surface area contributed by atoms with E-state index < -0.39 is 67.9 Å². The number of rotatable bonds is 12. The molecule has 0 bridgehead atoms. The predicted octanol–water partition coefficient (Wildman–Crippen LogP) is 4.45. The van der Waals surface area contributed by atoms with Crippen molar-refractivity contribution in [2.75, 3.05) is 13.2 Å². The van der Waals surface area contributed by atoms with Gasteiger partial charge in [-0.15, -0.1) is 0 Å². The SMILES string of the molecule is [N-]=[N+]=N[C@]1(COP2(=O)OCC[C@@H](c3cccc(Cl)c3)O2)O[C@@H](n2ccc(=O)[nH]c2=O)[C@H](OC(=O)CC2CC2)[C@@H]1OC(=O)CC1CC1. The number of hydrogen-bond acceptors (Lipinski definition) is 12. The molecule has 0 spiro atoms. The van der Waals surface area contributed by atoms with Gasteiger partial charge in [0.05, 0.1) is 19.3 Å². The minimum Gasteiger partial charge on any atom is -0.455 e. The lowest BCUT2D eigenvalue weighted by molar-refractivity contribution is -0.174. The lowest BCUT2D eigenvalue weighted by atomic mass is 10.0. The van der Waals surface area contributed by atoms with Gasteiger partial charge in [0.1, 0.15) is 0 Å². The zero-order chi connectivity index (χ0) is 32.5. The number of aromatic amines is 1. The molecule has 2 aromatic rings. The van der Waals surface area contributed by atoms with Crippen LogP contribution in [-0.4, -0.2) is 52.6 Å². The van der Waals surface area contributed by atoms with Crippen LogP contribution >= 0.6 is 19.4 Å². The molecule has 1 unspecified atom stereocenters. The van der Waals surface area contributed by atoms with Gasteiger partial charge in [-0.25, -0.2) is 9.36 Å². The second-order valence-electron chi connectivity index (χ2n) is 11.7. The van der Waals surface area contributed by atoms with Crippen LogP contribution in [0, 0.1) is 11.8 Å². The van der Waals surface area contributed by atoms with E-state index in [4.69, 9.17) is 39.4 Å². The van der Waals surface area contributed by atoms with Crippen molar-refractivity contribution in [1.29, 1.82) is 0 Å². The molecule has 0 radical (unpaired) electrons. The van der Waals surface area contributed by atoms with Gasteiger partial charge in [0.25, 0.3) is 5.56 Å². The first-order valence-corrected chi connectivity index (χ1v) is 16.7. The monoisotopic (exact) mass is 679 g/mol. The Bertz CT molecular complexity index is 1700. The fourth-order valence-corrected chi connectivity index (χ4v) is 6.97. The molecular formula is C28H31ClN5O11P. The number of aromatic nitrogens is 2. The average molecular weight is 680 g/mol. The Labute approximate surface area is 266 Å². The Hall–Kier alpha value is -3.49. The quantitative estimate of drug-likeness (QED) is 0.109. The summed E-state index contributed by atoms with van der Waals surface area (Å²) in [6, 6.07) is 7.78. The Morgan fingerprint density at radius 1 is 1.11 bits per heavy atom. The second-order valence-corrected chi connectivity index (χ2v) is 13.8. The van der Waals surface area contributed by atoms with Gasteiger partial charge in [-0.05, 0) is 60.7 Å². The predicted molar refractivity (Wildman–Crippen MR) is 157 cm³/mol. The van der Waals surface area contributed by atoms with Gasteiger partial charge in [0.2, 0.25) is 5.72 Å². The van der Waals surface area contributed by atoms with Crippen molar-refractivity contribution >= 4 is 31.4 Å². The molecule has 4 aliphatic rings. The first kappa shape index (κ1) is 32.5. The fraction of sp³-hybridized carbons (Fsp3) is 0.571. The van der Waals surface area contributed by atoms with Crippen molar-refractivity contribution in [3.63, 3.8) is 0 Å². The summed E-state index contributed by atoms with van der Waals surface area (Å²) < 4.78 is 49.1. The molecule has 18 heteroatoms. The maximum absolute atomic E-state index is 13.7. The van der Waals surface area contributed by atoms with Crippen molar-refractivity contribution in [2.45, 2.75) is 75.2 Å². The second kappa shape index (κ2) is 13.3. The number of nitrogens with one attached hydrogen (secondary N) is 1. The van der Waals surface area contributed by atoms with Gasteiger partial charge >= 0.3 is 25.5 Å². The van der Waals surface area contributed by atoms with E-state index in [9.17, 15) is 29.3 Å². The summed E-state index contributed by atoms with van der Waals surface area (Å²) in [7, 11) is -4.38. The van der Waals surface area contributed by atoms with E-state index >= 15 is 0 Å². The topological polar surface area (TPSA) is 210 Å². The first-order valence-electron chi connectivity index (χ1n) is 14.8. The summed E-state index contributed by atoms with van der Waals surface area (Å²) in [6.45, 7) is -0.899. The third-order valence-corrected chi connectivity index (χ3v) is 9.75. The van der Waals surface area contributed by atoms with Crippen molar-refractivity contribution < 1.29 is 41.9 Å². The Kier molecular flexibility index (Phi) is 9.40. The molecule has 6 atom stereocenters. The van der Waals surface area contributed by atoms with Crippen molar-refractivity contribution in [1.82, 2.24) is 9.55 Å². The van der Waals surface area contributed by atoms with E-state index in [-0.39, 0.29) is 31.3 Å².